The Morgan fingerprint density at radius 2 is 1.42 bits per heavy atom. The summed E-state index contributed by atoms with van der Waals surface area (Å²) in [4.78, 5) is 0. The molecule has 0 heterocycles. The van der Waals surface area contributed by atoms with E-state index in [1.807, 2.05) is 0 Å². The van der Waals surface area contributed by atoms with E-state index in [9.17, 15) is 0 Å². The van der Waals surface area contributed by atoms with Crippen LogP contribution in [0, 0.1) is 18.3 Å². The summed E-state index contributed by atoms with van der Waals surface area (Å²) in [5, 5.41) is 2.66. The molecular formula is C22H28OSi. The zero-order valence-electron chi connectivity index (χ0n) is 15.3. The van der Waals surface area contributed by atoms with E-state index < -0.39 is 8.32 Å². The lowest BCUT2D eigenvalue weighted by Gasteiger charge is -2.43. The molecule has 0 aliphatic rings. The van der Waals surface area contributed by atoms with Crippen LogP contribution in [0.15, 0.2) is 60.7 Å². The summed E-state index contributed by atoms with van der Waals surface area (Å²) in [5.74, 6) is 3.04. The number of benzene rings is 2. The van der Waals surface area contributed by atoms with Gasteiger partial charge in [-0.25, -0.2) is 0 Å². The molecule has 1 atom stereocenters. The quantitative estimate of drug-likeness (QED) is 0.567. The van der Waals surface area contributed by atoms with Crippen LogP contribution in [0.1, 0.15) is 34.1 Å². The van der Waals surface area contributed by atoms with Gasteiger partial charge in [0.2, 0.25) is 0 Å². The van der Waals surface area contributed by atoms with Gasteiger partial charge < -0.3 is 4.43 Å². The van der Waals surface area contributed by atoms with Crippen LogP contribution >= 0.6 is 0 Å². The highest BCUT2D eigenvalue weighted by molar-refractivity contribution is 6.99. The molecule has 0 aliphatic heterocycles. The van der Waals surface area contributed by atoms with Crippen LogP contribution in [0.3, 0.4) is 0 Å². The lowest BCUT2D eigenvalue weighted by atomic mass is 10.1. The van der Waals surface area contributed by atoms with Crippen molar-refractivity contribution in [3.8, 4) is 12.3 Å². The second-order valence-electron chi connectivity index (χ2n) is 7.37. The molecule has 0 amide bonds. The molecule has 0 spiro atoms. The number of rotatable bonds is 6. The van der Waals surface area contributed by atoms with Gasteiger partial charge in [0.1, 0.15) is 0 Å². The lowest BCUT2D eigenvalue weighted by molar-refractivity contribution is 0.280. The van der Waals surface area contributed by atoms with Crippen molar-refractivity contribution in [2.45, 2.75) is 39.2 Å². The van der Waals surface area contributed by atoms with E-state index in [0.717, 1.165) is 6.42 Å². The van der Waals surface area contributed by atoms with E-state index in [2.05, 4.69) is 94.3 Å². The van der Waals surface area contributed by atoms with Gasteiger partial charge in [0.15, 0.2) is 0 Å². The second kappa shape index (κ2) is 7.83. The fourth-order valence-electron chi connectivity index (χ4n) is 3.23. The topological polar surface area (TPSA) is 9.23 Å². The smallest absolute Gasteiger partial charge is 0.261 e. The monoisotopic (exact) mass is 336 g/mol. The average Bonchev–Trinajstić information content (AvgIpc) is 2.59. The SMILES string of the molecule is C#CC(C)CCO[Si](c1ccccc1)(c1ccccc1)C(C)(C)C. The molecule has 2 heteroatoms. The highest BCUT2D eigenvalue weighted by Crippen LogP contribution is 2.36. The molecule has 0 fully saturated rings. The van der Waals surface area contributed by atoms with E-state index in [-0.39, 0.29) is 11.0 Å². The maximum atomic E-state index is 6.78. The van der Waals surface area contributed by atoms with Crippen LogP contribution in [0.2, 0.25) is 5.04 Å². The standard InChI is InChI=1S/C22H28OSi/c1-6-19(2)17-18-23-24(22(3,4)5,20-13-9-7-10-14-20)21-15-11-8-12-16-21/h1,7-16,19H,17-18H2,2-5H3. The average molecular weight is 337 g/mol. The predicted octanol–water partition coefficient (Wildman–Crippen LogP) is 4.22. The van der Waals surface area contributed by atoms with Crippen LogP contribution in [-0.4, -0.2) is 14.9 Å². The summed E-state index contributed by atoms with van der Waals surface area (Å²) in [5.41, 5.74) is 0. The molecule has 0 saturated heterocycles. The van der Waals surface area contributed by atoms with Gasteiger partial charge in [-0.05, 0) is 21.8 Å². The molecule has 126 valence electrons. The summed E-state index contributed by atoms with van der Waals surface area (Å²) < 4.78 is 6.78. The molecule has 2 aromatic rings. The fraction of sp³-hybridized carbons (Fsp3) is 0.364. The summed E-state index contributed by atoms with van der Waals surface area (Å²) in [6, 6.07) is 21.4. The Morgan fingerprint density at radius 3 is 1.79 bits per heavy atom. The van der Waals surface area contributed by atoms with Gasteiger partial charge in [-0.1, -0.05) is 88.4 Å². The third-order valence-corrected chi connectivity index (χ3v) is 9.61. The first-order valence-corrected chi connectivity index (χ1v) is 10.5. The number of terminal acetylenes is 1. The first kappa shape index (κ1) is 18.5. The first-order chi connectivity index (χ1) is 11.4. The number of hydrogen-bond donors (Lipinski definition) is 0. The molecule has 0 aliphatic carbocycles. The third-order valence-electron chi connectivity index (χ3n) is 4.57. The Hall–Kier alpha value is -1.82. The van der Waals surface area contributed by atoms with Crippen LogP contribution in [0.5, 0.6) is 0 Å². The molecule has 0 saturated carbocycles. The van der Waals surface area contributed by atoms with Gasteiger partial charge in [-0.2, -0.15) is 0 Å². The molecule has 0 bridgehead atoms. The van der Waals surface area contributed by atoms with Crippen molar-refractivity contribution < 1.29 is 4.43 Å². The predicted molar refractivity (Wildman–Crippen MR) is 106 cm³/mol. The van der Waals surface area contributed by atoms with Crippen molar-refractivity contribution in [3.05, 3.63) is 60.7 Å². The highest BCUT2D eigenvalue weighted by atomic mass is 28.4. The molecule has 0 radical (unpaired) electrons. The molecule has 1 nitrogen and oxygen atoms in total. The molecule has 24 heavy (non-hydrogen) atoms. The molecule has 0 aromatic heterocycles. The van der Waals surface area contributed by atoms with Gasteiger partial charge in [-0.15, -0.1) is 12.3 Å². The fourth-order valence-corrected chi connectivity index (χ4v) is 7.81. The maximum Gasteiger partial charge on any atom is 0.261 e. The Labute approximate surface area is 148 Å². The van der Waals surface area contributed by atoms with E-state index >= 15 is 0 Å². The van der Waals surface area contributed by atoms with Crippen molar-refractivity contribution in [2.75, 3.05) is 6.61 Å². The minimum Gasteiger partial charge on any atom is -0.407 e. The van der Waals surface area contributed by atoms with Gasteiger partial charge in [0.05, 0.1) is 0 Å². The largest absolute Gasteiger partial charge is 0.407 e. The second-order valence-corrected chi connectivity index (χ2v) is 11.7. The van der Waals surface area contributed by atoms with Gasteiger partial charge in [0.25, 0.3) is 8.32 Å². The Balaban J connectivity index is 2.52. The van der Waals surface area contributed by atoms with Crippen molar-refractivity contribution in [1.29, 1.82) is 0 Å². The van der Waals surface area contributed by atoms with Crippen LogP contribution in [0.4, 0.5) is 0 Å². The minimum absolute atomic E-state index is 0.0229. The van der Waals surface area contributed by atoms with E-state index in [0.29, 0.717) is 6.61 Å². The van der Waals surface area contributed by atoms with E-state index in [1.54, 1.807) is 0 Å². The van der Waals surface area contributed by atoms with Crippen molar-refractivity contribution in [2.24, 2.45) is 5.92 Å². The third kappa shape index (κ3) is 3.80. The lowest BCUT2D eigenvalue weighted by Crippen LogP contribution is -2.66. The van der Waals surface area contributed by atoms with Crippen LogP contribution in [0.25, 0.3) is 0 Å². The molecule has 2 aromatic carbocycles. The summed E-state index contributed by atoms with van der Waals surface area (Å²) >= 11 is 0. The van der Waals surface area contributed by atoms with Gasteiger partial charge >= 0.3 is 0 Å². The van der Waals surface area contributed by atoms with Crippen molar-refractivity contribution >= 4 is 18.7 Å². The maximum absolute atomic E-state index is 6.78. The molecular weight excluding hydrogens is 308 g/mol. The van der Waals surface area contributed by atoms with E-state index in [4.69, 9.17) is 10.8 Å². The van der Waals surface area contributed by atoms with Crippen molar-refractivity contribution in [1.82, 2.24) is 0 Å². The number of hydrogen-bond acceptors (Lipinski definition) is 1. The molecule has 0 N–H and O–H groups in total. The van der Waals surface area contributed by atoms with Gasteiger partial charge in [-0.3, -0.25) is 0 Å². The minimum atomic E-state index is -2.40. The summed E-state index contributed by atoms with van der Waals surface area (Å²) in [6.45, 7) is 9.66. The Morgan fingerprint density at radius 1 is 0.958 bits per heavy atom. The zero-order valence-corrected chi connectivity index (χ0v) is 16.3. The summed E-state index contributed by atoms with van der Waals surface area (Å²) in [6.07, 6.45) is 6.43. The highest BCUT2D eigenvalue weighted by Gasteiger charge is 2.49. The van der Waals surface area contributed by atoms with Gasteiger partial charge in [0, 0.05) is 12.5 Å². The first-order valence-electron chi connectivity index (χ1n) is 8.63. The van der Waals surface area contributed by atoms with Crippen molar-refractivity contribution in [3.63, 3.8) is 0 Å². The Bertz CT molecular complexity index is 625. The molecule has 1 unspecified atom stereocenters. The molecule has 2 rings (SSSR count). The van der Waals surface area contributed by atoms with Crippen LogP contribution in [-0.2, 0) is 4.43 Å². The zero-order chi connectivity index (χ0) is 17.6. The Kier molecular flexibility index (Phi) is 6.04. The van der Waals surface area contributed by atoms with E-state index in [1.165, 1.54) is 10.4 Å². The van der Waals surface area contributed by atoms with Crippen LogP contribution < -0.4 is 10.4 Å². The summed E-state index contributed by atoms with van der Waals surface area (Å²) in [7, 11) is -2.40. The normalized spacial score (nSPS) is 13.3.